The number of halogens is 1. The average Bonchev–Trinajstić information content (AvgIpc) is 2.29. The first kappa shape index (κ1) is 14.1. The van der Waals surface area contributed by atoms with Crippen molar-refractivity contribution in [3.63, 3.8) is 0 Å². The number of hydrogen-bond donors (Lipinski definition) is 2. The molecule has 0 bridgehead atoms. The van der Waals surface area contributed by atoms with Gasteiger partial charge in [-0.15, -0.1) is 0 Å². The molecule has 3 N–H and O–H groups in total. The molecule has 2 atom stereocenters. The van der Waals surface area contributed by atoms with Crippen molar-refractivity contribution in [1.29, 1.82) is 0 Å². The van der Waals surface area contributed by atoms with Gasteiger partial charge in [0.25, 0.3) is 0 Å². The van der Waals surface area contributed by atoms with Gasteiger partial charge in [0, 0.05) is 11.8 Å². The highest BCUT2D eigenvalue weighted by molar-refractivity contribution is 7.92. The fourth-order valence-electron chi connectivity index (χ4n) is 1.59. The Morgan fingerprint density at radius 3 is 2.59 bits per heavy atom. The van der Waals surface area contributed by atoms with Crippen molar-refractivity contribution >= 4 is 9.84 Å². The lowest BCUT2D eigenvalue weighted by Crippen LogP contribution is -2.37. The number of benzene rings is 1. The first-order valence-corrected chi connectivity index (χ1v) is 6.97. The molecule has 0 aromatic heterocycles. The van der Waals surface area contributed by atoms with E-state index in [0.29, 0.717) is 5.56 Å². The summed E-state index contributed by atoms with van der Waals surface area (Å²) in [7, 11) is -3.47. The molecule has 0 fully saturated rings. The minimum absolute atomic E-state index is 0.110. The Morgan fingerprint density at radius 1 is 1.47 bits per heavy atom. The summed E-state index contributed by atoms with van der Waals surface area (Å²) in [6, 6.07) is 4.50. The highest BCUT2D eigenvalue weighted by Gasteiger charge is 2.30. The van der Waals surface area contributed by atoms with Gasteiger partial charge in [-0.3, -0.25) is 0 Å². The maximum absolute atomic E-state index is 13.0. The molecule has 0 aliphatic carbocycles. The van der Waals surface area contributed by atoms with Crippen LogP contribution < -0.4 is 5.73 Å². The second kappa shape index (κ2) is 5.57. The third-order valence-corrected chi connectivity index (χ3v) is 4.85. The zero-order valence-corrected chi connectivity index (χ0v) is 10.3. The van der Waals surface area contributed by atoms with Crippen LogP contribution in [0.5, 0.6) is 0 Å². The zero-order valence-electron chi connectivity index (χ0n) is 9.51. The lowest BCUT2D eigenvalue weighted by molar-refractivity contribution is 0.277. The summed E-state index contributed by atoms with van der Waals surface area (Å²) in [4.78, 5) is 0. The molecule has 0 spiro atoms. The molecule has 0 aliphatic heterocycles. The Balaban J connectivity index is 3.06. The molecule has 2 unspecified atom stereocenters. The van der Waals surface area contributed by atoms with Gasteiger partial charge < -0.3 is 10.8 Å². The molecule has 0 amide bonds. The second-order valence-electron chi connectivity index (χ2n) is 3.75. The van der Waals surface area contributed by atoms with Gasteiger partial charge in [-0.2, -0.15) is 0 Å². The van der Waals surface area contributed by atoms with Crippen LogP contribution >= 0.6 is 0 Å². The molecule has 4 nitrogen and oxygen atoms in total. The summed E-state index contributed by atoms with van der Waals surface area (Å²) in [5.41, 5.74) is 6.14. The summed E-state index contributed by atoms with van der Waals surface area (Å²) >= 11 is 0. The van der Waals surface area contributed by atoms with Crippen LogP contribution in [0.4, 0.5) is 4.39 Å². The Hall–Kier alpha value is -0.980. The summed E-state index contributed by atoms with van der Waals surface area (Å²) in [6.07, 6.45) is 0. The van der Waals surface area contributed by atoms with Crippen LogP contribution in [-0.4, -0.2) is 31.1 Å². The molecule has 0 heterocycles. The highest BCUT2D eigenvalue weighted by atomic mass is 32.2. The molecule has 0 saturated heterocycles. The van der Waals surface area contributed by atoms with Gasteiger partial charge >= 0.3 is 0 Å². The van der Waals surface area contributed by atoms with Gasteiger partial charge in [0.05, 0.1) is 6.61 Å². The van der Waals surface area contributed by atoms with Crippen molar-refractivity contribution in [3.8, 4) is 0 Å². The lowest BCUT2D eigenvalue weighted by Gasteiger charge is -2.21. The molecule has 0 radical (unpaired) electrons. The minimum Gasteiger partial charge on any atom is -0.395 e. The summed E-state index contributed by atoms with van der Waals surface area (Å²) in [6.45, 7) is 0.907. The number of rotatable bonds is 5. The Labute approximate surface area is 100 Å². The maximum Gasteiger partial charge on any atom is 0.157 e. The molecular formula is C11H16FNO3S. The van der Waals surface area contributed by atoms with E-state index in [1.54, 1.807) is 6.07 Å². The van der Waals surface area contributed by atoms with Gasteiger partial charge in [-0.25, -0.2) is 12.8 Å². The topological polar surface area (TPSA) is 80.4 Å². The smallest absolute Gasteiger partial charge is 0.157 e. The molecule has 1 aromatic rings. The number of hydrogen-bond acceptors (Lipinski definition) is 4. The third-order valence-electron chi connectivity index (χ3n) is 2.68. The Kier molecular flexibility index (Phi) is 4.62. The molecule has 6 heteroatoms. The third kappa shape index (κ3) is 3.24. The lowest BCUT2D eigenvalue weighted by atomic mass is 10.0. The fraction of sp³-hybridized carbons (Fsp3) is 0.455. The molecule has 1 rings (SSSR count). The van der Waals surface area contributed by atoms with Crippen LogP contribution in [0.25, 0.3) is 0 Å². The van der Waals surface area contributed by atoms with Gasteiger partial charge in [0.1, 0.15) is 11.1 Å². The number of nitrogens with two attached hydrogens (primary N) is 1. The SMILES string of the molecule is CCS(=O)(=O)C(CO)C(N)c1cccc(F)c1. The van der Waals surface area contributed by atoms with E-state index in [9.17, 15) is 12.8 Å². The standard InChI is InChI=1S/C11H16FNO3S/c1-2-17(15,16)10(7-14)11(13)8-4-3-5-9(12)6-8/h3-6,10-11,14H,2,7,13H2,1H3. The van der Waals surface area contributed by atoms with Crippen LogP contribution in [0.1, 0.15) is 18.5 Å². The van der Waals surface area contributed by atoms with Crippen LogP contribution in [0.2, 0.25) is 0 Å². The summed E-state index contributed by atoms with van der Waals surface area (Å²) in [5, 5.41) is 8.04. The van der Waals surface area contributed by atoms with E-state index in [-0.39, 0.29) is 5.75 Å². The van der Waals surface area contributed by atoms with Crippen molar-refractivity contribution in [2.45, 2.75) is 18.2 Å². The minimum atomic E-state index is -3.47. The first-order valence-electron chi connectivity index (χ1n) is 5.25. The molecule has 1 aromatic carbocycles. The van der Waals surface area contributed by atoms with E-state index in [4.69, 9.17) is 10.8 Å². The summed E-state index contributed by atoms with van der Waals surface area (Å²) in [5.74, 6) is -0.593. The van der Waals surface area contributed by atoms with E-state index < -0.39 is 33.6 Å². The zero-order chi connectivity index (χ0) is 13.1. The fourth-order valence-corrected chi connectivity index (χ4v) is 2.85. The van der Waals surface area contributed by atoms with Crippen molar-refractivity contribution < 1.29 is 17.9 Å². The van der Waals surface area contributed by atoms with Gasteiger partial charge in [0.2, 0.25) is 0 Å². The molecule has 0 saturated carbocycles. The van der Waals surface area contributed by atoms with Gasteiger partial charge in [-0.05, 0) is 17.7 Å². The molecular weight excluding hydrogens is 245 g/mol. The molecule has 0 aliphatic rings. The normalized spacial score (nSPS) is 15.5. The number of aliphatic hydroxyl groups is 1. The van der Waals surface area contributed by atoms with E-state index >= 15 is 0 Å². The predicted octanol–water partition coefficient (Wildman–Crippen LogP) is 0.621. The quantitative estimate of drug-likeness (QED) is 0.814. The largest absolute Gasteiger partial charge is 0.395 e. The Bertz CT molecular complexity index is 475. The van der Waals surface area contributed by atoms with Crippen LogP contribution in [0.3, 0.4) is 0 Å². The number of aliphatic hydroxyl groups excluding tert-OH is 1. The van der Waals surface area contributed by atoms with Crippen LogP contribution in [0.15, 0.2) is 24.3 Å². The van der Waals surface area contributed by atoms with E-state index in [1.807, 2.05) is 0 Å². The number of sulfone groups is 1. The monoisotopic (exact) mass is 261 g/mol. The Morgan fingerprint density at radius 2 is 2.12 bits per heavy atom. The van der Waals surface area contributed by atoms with Crippen molar-refractivity contribution in [2.24, 2.45) is 5.73 Å². The van der Waals surface area contributed by atoms with Crippen LogP contribution in [-0.2, 0) is 9.84 Å². The van der Waals surface area contributed by atoms with Crippen molar-refractivity contribution in [2.75, 3.05) is 12.4 Å². The van der Waals surface area contributed by atoms with Crippen molar-refractivity contribution in [1.82, 2.24) is 0 Å². The highest BCUT2D eigenvalue weighted by Crippen LogP contribution is 2.21. The van der Waals surface area contributed by atoms with Gasteiger partial charge in [-0.1, -0.05) is 19.1 Å². The molecule has 17 heavy (non-hydrogen) atoms. The van der Waals surface area contributed by atoms with Crippen LogP contribution in [0, 0.1) is 5.82 Å². The van der Waals surface area contributed by atoms with E-state index in [2.05, 4.69) is 0 Å². The summed E-state index contributed by atoms with van der Waals surface area (Å²) < 4.78 is 36.4. The first-order chi connectivity index (χ1) is 7.92. The van der Waals surface area contributed by atoms with E-state index in [1.165, 1.54) is 25.1 Å². The van der Waals surface area contributed by atoms with E-state index in [0.717, 1.165) is 0 Å². The van der Waals surface area contributed by atoms with Crippen molar-refractivity contribution in [3.05, 3.63) is 35.6 Å². The average molecular weight is 261 g/mol. The second-order valence-corrected chi connectivity index (χ2v) is 6.26. The maximum atomic E-state index is 13.0. The predicted molar refractivity (Wildman–Crippen MR) is 63.7 cm³/mol. The van der Waals surface area contributed by atoms with Gasteiger partial charge in [0.15, 0.2) is 9.84 Å². The molecule has 96 valence electrons.